The van der Waals surface area contributed by atoms with Gasteiger partial charge in [0, 0.05) is 17.0 Å². The lowest BCUT2D eigenvalue weighted by atomic mass is 9.82. The molecular formula is C21H32ClNO2S. The average Bonchev–Trinajstić information content (AvgIpc) is 3.02. The van der Waals surface area contributed by atoms with Crippen molar-refractivity contribution in [1.82, 2.24) is 5.32 Å². The molecule has 0 aliphatic rings. The van der Waals surface area contributed by atoms with Crippen LogP contribution in [0.15, 0.2) is 35.7 Å². The van der Waals surface area contributed by atoms with Gasteiger partial charge in [-0.2, -0.15) is 0 Å². The van der Waals surface area contributed by atoms with Gasteiger partial charge in [-0.15, -0.1) is 23.7 Å². The van der Waals surface area contributed by atoms with Crippen molar-refractivity contribution >= 4 is 23.7 Å². The topological polar surface area (TPSA) is 30.5 Å². The highest BCUT2D eigenvalue weighted by molar-refractivity contribution is 7.09. The van der Waals surface area contributed by atoms with Gasteiger partial charge in [0.05, 0.1) is 7.11 Å². The quantitative estimate of drug-likeness (QED) is 0.587. The smallest absolute Gasteiger partial charge is 0.161 e. The summed E-state index contributed by atoms with van der Waals surface area (Å²) in [5, 5.41) is 5.72. The predicted molar refractivity (Wildman–Crippen MR) is 114 cm³/mol. The van der Waals surface area contributed by atoms with Crippen LogP contribution in [-0.4, -0.2) is 12.6 Å². The first-order valence-electron chi connectivity index (χ1n) is 8.76. The number of hydrogen-bond acceptors (Lipinski definition) is 4. The molecule has 5 heteroatoms. The van der Waals surface area contributed by atoms with Gasteiger partial charge in [0.15, 0.2) is 11.5 Å². The lowest BCUT2D eigenvalue weighted by molar-refractivity contribution is 0.240. The molecule has 2 aromatic rings. The Morgan fingerprint density at radius 1 is 1.04 bits per heavy atom. The van der Waals surface area contributed by atoms with Crippen molar-refractivity contribution in [3.63, 3.8) is 0 Å². The van der Waals surface area contributed by atoms with Crippen LogP contribution in [-0.2, 0) is 13.2 Å². The Bertz CT molecular complexity index is 663. The summed E-state index contributed by atoms with van der Waals surface area (Å²) in [7, 11) is 1.69. The van der Waals surface area contributed by atoms with E-state index in [1.807, 2.05) is 12.1 Å². The standard InChI is InChI=1S/C21H31NO2S.ClH/c1-20(2,3)15-21(4,5)22-13-16-9-10-18(19(12-16)23-6)24-14-17-8-7-11-25-17;/h7-12,22H,13-15H2,1-6H3;1H. The molecule has 0 aliphatic carbocycles. The van der Waals surface area contributed by atoms with Gasteiger partial charge >= 0.3 is 0 Å². The highest BCUT2D eigenvalue weighted by Crippen LogP contribution is 2.30. The van der Waals surface area contributed by atoms with Gasteiger partial charge < -0.3 is 14.8 Å². The zero-order valence-electron chi connectivity index (χ0n) is 16.7. The Balaban J connectivity index is 0.00000338. The van der Waals surface area contributed by atoms with Crippen LogP contribution >= 0.6 is 23.7 Å². The maximum atomic E-state index is 5.90. The maximum Gasteiger partial charge on any atom is 0.161 e. The van der Waals surface area contributed by atoms with Crippen LogP contribution in [0, 0.1) is 5.41 Å². The van der Waals surface area contributed by atoms with Crippen molar-refractivity contribution in [3.05, 3.63) is 46.2 Å². The second-order valence-electron chi connectivity index (χ2n) is 8.33. The monoisotopic (exact) mass is 397 g/mol. The van der Waals surface area contributed by atoms with Crippen LogP contribution in [0.2, 0.25) is 0 Å². The first kappa shape index (κ1) is 22.8. The molecular weight excluding hydrogens is 366 g/mol. The molecule has 0 amide bonds. The molecule has 3 nitrogen and oxygen atoms in total. The summed E-state index contributed by atoms with van der Waals surface area (Å²) in [6.45, 7) is 12.7. The molecule has 0 saturated carbocycles. The van der Waals surface area contributed by atoms with E-state index in [4.69, 9.17) is 9.47 Å². The normalized spacial score (nSPS) is 11.8. The molecule has 0 saturated heterocycles. The lowest BCUT2D eigenvalue weighted by Crippen LogP contribution is -2.41. The van der Waals surface area contributed by atoms with Crippen molar-refractivity contribution in [2.75, 3.05) is 7.11 Å². The Kier molecular flexibility index (Phi) is 8.45. The van der Waals surface area contributed by atoms with Crippen LogP contribution in [0.25, 0.3) is 0 Å². The molecule has 0 radical (unpaired) electrons. The summed E-state index contributed by atoms with van der Waals surface area (Å²) < 4.78 is 11.4. The maximum absolute atomic E-state index is 5.90. The van der Waals surface area contributed by atoms with Crippen molar-refractivity contribution in [2.24, 2.45) is 5.41 Å². The fourth-order valence-electron chi connectivity index (χ4n) is 3.21. The third-order valence-corrected chi connectivity index (χ3v) is 4.77. The Morgan fingerprint density at radius 2 is 1.77 bits per heavy atom. The number of rotatable bonds is 8. The van der Waals surface area contributed by atoms with Crippen molar-refractivity contribution in [1.29, 1.82) is 0 Å². The SMILES string of the molecule is COc1cc(CNC(C)(C)CC(C)(C)C)ccc1OCc1cccs1.Cl. The van der Waals surface area contributed by atoms with E-state index >= 15 is 0 Å². The number of halogens is 1. The predicted octanol–water partition coefficient (Wildman–Crippen LogP) is 6.06. The first-order chi connectivity index (χ1) is 11.7. The molecule has 1 N–H and O–H groups in total. The summed E-state index contributed by atoms with van der Waals surface area (Å²) in [4.78, 5) is 1.21. The fraction of sp³-hybridized carbons (Fsp3) is 0.524. The number of hydrogen-bond donors (Lipinski definition) is 1. The van der Waals surface area contributed by atoms with Crippen LogP contribution < -0.4 is 14.8 Å². The molecule has 146 valence electrons. The minimum absolute atomic E-state index is 0. The molecule has 0 atom stereocenters. The Labute approximate surface area is 168 Å². The van der Waals surface area contributed by atoms with E-state index in [9.17, 15) is 0 Å². The zero-order valence-corrected chi connectivity index (χ0v) is 18.4. The van der Waals surface area contributed by atoms with Crippen LogP contribution in [0.1, 0.15) is 51.5 Å². The molecule has 0 spiro atoms. The second kappa shape index (κ2) is 9.63. The largest absolute Gasteiger partial charge is 0.493 e. The molecule has 0 fully saturated rings. The number of methoxy groups -OCH3 is 1. The molecule has 2 rings (SSSR count). The molecule has 0 aliphatic heterocycles. The van der Waals surface area contributed by atoms with Crippen LogP contribution in [0.3, 0.4) is 0 Å². The Morgan fingerprint density at radius 3 is 2.35 bits per heavy atom. The van der Waals surface area contributed by atoms with E-state index < -0.39 is 0 Å². The number of ether oxygens (including phenoxy) is 2. The number of thiophene rings is 1. The van der Waals surface area contributed by atoms with Gasteiger partial charge in [-0.1, -0.05) is 32.9 Å². The van der Waals surface area contributed by atoms with Gasteiger partial charge in [-0.05, 0) is 54.8 Å². The molecule has 0 unspecified atom stereocenters. The second-order valence-corrected chi connectivity index (χ2v) is 9.36. The van der Waals surface area contributed by atoms with Crippen molar-refractivity contribution in [2.45, 2.75) is 59.7 Å². The third-order valence-electron chi connectivity index (χ3n) is 3.92. The highest BCUT2D eigenvalue weighted by atomic mass is 35.5. The summed E-state index contributed by atoms with van der Waals surface area (Å²) in [5.41, 5.74) is 1.58. The first-order valence-corrected chi connectivity index (χ1v) is 9.64. The van der Waals surface area contributed by atoms with Gasteiger partial charge in [0.1, 0.15) is 6.61 Å². The van der Waals surface area contributed by atoms with Crippen LogP contribution in [0.4, 0.5) is 0 Å². The van der Waals surface area contributed by atoms with E-state index in [1.54, 1.807) is 18.4 Å². The zero-order chi connectivity index (χ0) is 18.5. The Hall–Kier alpha value is -1.23. The minimum atomic E-state index is 0. The summed E-state index contributed by atoms with van der Waals surface area (Å²) in [6, 6.07) is 10.3. The molecule has 0 bridgehead atoms. The van der Waals surface area contributed by atoms with E-state index in [2.05, 4.69) is 63.5 Å². The minimum Gasteiger partial charge on any atom is -0.493 e. The summed E-state index contributed by atoms with van der Waals surface area (Å²) in [5.74, 6) is 1.57. The summed E-state index contributed by atoms with van der Waals surface area (Å²) in [6.07, 6.45) is 1.11. The van der Waals surface area contributed by atoms with Crippen molar-refractivity contribution in [3.8, 4) is 11.5 Å². The van der Waals surface area contributed by atoms with Gasteiger partial charge in [-0.25, -0.2) is 0 Å². The average molecular weight is 398 g/mol. The van der Waals surface area contributed by atoms with E-state index in [0.29, 0.717) is 12.0 Å². The number of benzene rings is 1. The molecule has 26 heavy (non-hydrogen) atoms. The lowest BCUT2D eigenvalue weighted by Gasteiger charge is -2.33. The van der Waals surface area contributed by atoms with Gasteiger partial charge in [0.2, 0.25) is 0 Å². The van der Waals surface area contributed by atoms with Crippen molar-refractivity contribution < 1.29 is 9.47 Å². The molecule has 1 aromatic heterocycles. The molecule has 1 heterocycles. The van der Waals surface area contributed by atoms with E-state index in [0.717, 1.165) is 24.5 Å². The van der Waals surface area contributed by atoms with E-state index in [-0.39, 0.29) is 17.9 Å². The molecule has 1 aromatic carbocycles. The number of nitrogens with one attached hydrogen (secondary N) is 1. The van der Waals surface area contributed by atoms with E-state index in [1.165, 1.54) is 10.4 Å². The van der Waals surface area contributed by atoms with Gasteiger partial charge in [-0.3, -0.25) is 0 Å². The third kappa shape index (κ3) is 7.56. The highest BCUT2D eigenvalue weighted by Gasteiger charge is 2.24. The van der Waals surface area contributed by atoms with Crippen LogP contribution in [0.5, 0.6) is 11.5 Å². The van der Waals surface area contributed by atoms with Gasteiger partial charge in [0.25, 0.3) is 0 Å². The fourth-order valence-corrected chi connectivity index (χ4v) is 3.83. The summed E-state index contributed by atoms with van der Waals surface area (Å²) >= 11 is 1.70.